The van der Waals surface area contributed by atoms with E-state index in [0.29, 0.717) is 6.54 Å². The molecule has 0 bridgehead atoms. The topological polar surface area (TPSA) is 35.2 Å². The highest BCUT2D eigenvalue weighted by atomic mass is 35.5. The number of ether oxygens (including phenoxy) is 1. The highest BCUT2D eigenvalue weighted by molar-refractivity contribution is 7.19. The maximum atomic E-state index is 5.96. The zero-order valence-corrected chi connectivity index (χ0v) is 11.1. The summed E-state index contributed by atoms with van der Waals surface area (Å²) < 4.78 is 6.16. The van der Waals surface area contributed by atoms with Crippen LogP contribution in [0.25, 0.3) is 10.4 Å². The van der Waals surface area contributed by atoms with Gasteiger partial charge in [-0.25, -0.2) is 0 Å². The first kappa shape index (κ1) is 12.4. The van der Waals surface area contributed by atoms with Crippen LogP contribution in [0.5, 0.6) is 5.75 Å². The molecule has 0 fully saturated rings. The predicted octanol–water partition coefficient (Wildman–Crippen LogP) is 3.58. The van der Waals surface area contributed by atoms with E-state index in [4.69, 9.17) is 22.1 Å². The van der Waals surface area contributed by atoms with Crippen LogP contribution in [0, 0.1) is 0 Å². The Balaban J connectivity index is 2.45. The summed E-state index contributed by atoms with van der Waals surface area (Å²) in [7, 11) is 1.68. The standard InChI is InChI=1S/C13H14ClNOS/c1-16-11-3-2-9(6-7-15)8-10(11)12-4-5-13(14)17-12/h2-5,8H,6-7,15H2,1H3. The summed E-state index contributed by atoms with van der Waals surface area (Å²) in [4.78, 5) is 1.12. The Morgan fingerprint density at radius 1 is 1.29 bits per heavy atom. The van der Waals surface area contributed by atoms with Crippen molar-refractivity contribution in [3.8, 4) is 16.2 Å². The first-order valence-corrected chi connectivity index (χ1v) is 6.56. The quantitative estimate of drug-likeness (QED) is 0.919. The molecule has 17 heavy (non-hydrogen) atoms. The molecular weight excluding hydrogens is 254 g/mol. The normalized spacial score (nSPS) is 10.5. The molecule has 0 atom stereocenters. The average Bonchev–Trinajstić information content (AvgIpc) is 2.76. The van der Waals surface area contributed by atoms with Crippen LogP contribution in [0.15, 0.2) is 30.3 Å². The first-order chi connectivity index (χ1) is 8.24. The van der Waals surface area contributed by atoms with Gasteiger partial charge in [-0.2, -0.15) is 0 Å². The Morgan fingerprint density at radius 2 is 2.12 bits per heavy atom. The number of benzene rings is 1. The SMILES string of the molecule is COc1ccc(CCN)cc1-c1ccc(Cl)s1. The lowest BCUT2D eigenvalue weighted by Crippen LogP contribution is -2.02. The number of methoxy groups -OCH3 is 1. The fraction of sp³-hybridized carbons (Fsp3) is 0.231. The number of hydrogen-bond acceptors (Lipinski definition) is 3. The van der Waals surface area contributed by atoms with Crippen LogP contribution < -0.4 is 10.5 Å². The molecule has 0 aliphatic heterocycles. The van der Waals surface area contributed by atoms with E-state index in [1.165, 1.54) is 5.56 Å². The Kier molecular flexibility index (Phi) is 4.05. The van der Waals surface area contributed by atoms with Gasteiger partial charge in [0, 0.05) is 10.4 Å². The van der Waals surface area contributed by atoms with E-state index in [-0.39, 0.29) is 0 Å². The second-order valence-electron chi connectivity index (χ2n) is 3.68. The molecule has 2 nitrogen and oxygen atoms in total. The van der Waals surface area contributed by atoms with E-state index in [0.717, 1.165) is 26.9 Å². The van der Waals surface area contributed by atoms with Gasteiger partial charge in [-0.05, 0) is 42.8 Å². The van der Waals surface area contributed by atoms with Crippen molar-refractivity contribution in [3.63, 3.8) is 0 Å². The third-order valence-electron chi connectivity index (χ3n) is 2.54. The molecule has 0 saturated heterocycles. The highest BCUT2D eigenvalue weighted by Crippen LogP contribution is 2.37. The number of hydrogen-bond donors (Lipinski definition) is 1. The summed E-state index contributed by atoms with van der Waals surface area (Å²) in [6, 6.07) is 10.1. The third kappa shape index (κ3) is 2.80. The zero-order valence-electron chi connectivity index (χ0n) is 9.57. The van der Waals surface area contributed by atoms with Gasteiger partial charge in [0.25, 0.3) is 0 Å². The summed E-state index contributed by atoms with van der Waals surface area (Å²) in [6.07, 6.45) is 0.871. The Morgan fingerprint density at radius 3 is 2.71 bits per heavy atom. The number of halogens is 1. The number of nitrogens with two attached hydrogens (primary N) is 1. The molecule has 0 aliphatic rings. The molecule has 4 heteroatoms. The van der Waals surface area contributed by atoms with Crippen LogP contribution in [0.4, 0.5) is 0 Å². The molecule has 1 heterocycles. The maximum absolute atomic E-state index is 5.96. The zero-order chi connectivity index (χ0) is 12.3. The van der Waals surface area contributed by atoms with Crippen LogP contribution in [0.2, 0.25) is 4.34 Å². The second kappa shape index (κ2) is 5.54. The van der Waals surface area contributed by atoms with Crippen molar-refractivity contribution in [2.24, 2.45) is 5.73 Å². The van der Waals surface area contributed by atoms with Crippen LogP contribution in [-0.4, -0.2) is 13.7 Å². The molecule has 1 aromatic carbocycles. The molecule has 0 spiro atoms. The lowest BCUT2D eigenvalue weighted by atomic mass is 10.1. The van der Waals surface area contributed by atoms with Crippen LogP contribution in [0.3, 0.4) is 0 Å². The summed E-state index contributed by atoms with van der Waals surface area (Å²) in [5.74, 6) is 0.865. The van der Waals surface area contributed by atoms with Crippen molar-refractivity contribution in [1.29, 1.82) is 0 Å². The molecule has 90 valence electrons. The van der Waals surface area contributed by atoms with E-state index in [2.05, 4.69) is 6.07 Å². The van der Waals surface area contributed by atoms with Crippen LogP contribution >= 0.6 is 22.9 Å². The lowest BCUT2D eigenvalue weighted by molar-refractivity contribution is 0.416. The summed E-state index contributed by atoms with van der Waals surface area (Å²) >= 11 is 7.52. The fourth-order valence-corrected chi connectivity index (χ4v) is 2.79. The number of thiophene rings is 1. The van der Waals surface area contributed by atoms with Gasteiger partial charge < -0.3 is 10.5 Å². The predicted molar refractivity (Wildman–Crippen MR) is 74.1 cm³/mol. The van der Waals surface area contributed by atoms with Crippen molar-refractivity contribution >= 4 is 22.9 Å². The monoisotopic (exact) mass is 267 g/mol. The molecule has 0 amide bonds. The van der Waals surface area contributed by atoms with Gasteiger partial charge in [-0.3, -0.25) is 0 Å². The third-order valence-corrected chi connectivity index (χ3v) is 3.80. The van der Waals surface area contributed by atoms with Crippen LogP contribution in [-0.2, 0) is 6.42 Å². The Labute approximate surface area is 110 Å². The van der Waals surface area contributed by atoms with E-state index in [1.807, 2.05) is 24.3 Å². The molecule has 2 rings (SSSR count). The summed E-state index contributed by atoms with van der Waals surface area (Å²) in [5, 5.41) is 0. The highest BCUT2D eigenvalue weighted by Gasteiger charge is 2.09. The molecule has 2 aromatic rings. The molecular formula is C13H14ClNOS. The van der Waals surface area contributed by atoms with E-state index >= 15 is 0 Å². The lowest BCUT2D eigenvalue weighted by Gasteiger charge is -2.09. The Hall–Kier alpha value is -1.03. The molecule has 0 saturated carbocycles. The van der Waals surface area contributed by atoms with Crippen LogP contribution in [0.1, 0.15) is 5.56 Å². The first-order valence-electron chi connectivity index (χ1n) is 5.37. The number of rotatable bonds is 4. The smallest absolute Gasteiger partial charge is 0.127 e. The van der Waals surface area contributed by atoms with Crippen molar-refractivity contribution in [2.45, 2.75) is 6.42 Å². The van der Waals surface area contributed by atoms with Gasteiger partial charge in [0.1, 0.15) is 5.75 Å². The molecule has 1 aromatic heterocycles. The molecule has 0 aliphatic carbocycles. The van der Waals surface area contributed by atoms with Crippen molar-refractivity contribution < 1.29 is 4.74 Å². The molecule has 0 radical (unpaired) electrons. The molecule has 2 N–H and O–H groups in total. The minimum atomic E-state index is 0.650. The fourth-order valence-electron chi connectivity index (χ4n) is 1.73. The van der Waals surface area contributed by atoms with Crippen molar-refractivity contribution in [1.82, 2.24) is 0 Å². The van der Waals surface area contributed by atoms with Gasteiger partial charge in [0.2, 0.25) is 0 Å². The van der Waals surface area contributed by atoms with Gasteiger partial charge in [-0.1, -0.05) is 17.7 Å². The van der Waals surface area contributed by atoms with E-state index in [9.17, 15) is 0 Å². The summed E-state index contributed by atoms with van der Waals surface area (Å²) in [5.41, 5.74) is 7.87. The van der Waals surface area contributed by atoms with Gasteiger partial charge in [-0.15, -0.1) is 11.3 Å². The minimum Gasteiger partial charge on any atom is -0.496 e. The van der Waals surface area contributed by atoms with Gasteiger partial charge in [0.15, 0.2) is 0 Å². The summed E-state index contributed by atoms with van der Waals surface area (Å²) in [6.45, 7) is 0.650. The van der Waals surface area contributed by atoms with Crippen molar-refractivity contribution in [2.75, 3.05) is 13.7 Å². The second-order valence-corrected chi connectivity index (χ2v) is 5.39. The largest absolute Gasteiger partial charge is 0.496 e. The molecule has 0 unspecified atom stereocenters. The average molecular weight is 268 g/mol. The van der Waals surface area contributed by atoms with E-state index in [1.54, 1.807) is 18.4 Å². The Bertz CT molecular complexity index is 510. The van der Waals surface area contributed by atoms with E-state index < -0.39 is 0 Å². The maximum Gasteiger partial charge on any atom is 0.127 e. The van der Waals surface area contributed by atoms with Crippen molar-refractivity contribution in [3.05, 3.63) is 40.2 Å². The van der Waals surface area contributed by atoms with Gasteiger partial charge >= 0.3 is 0 Å². The minimum absolute atomic E-state index is 0.650. The van der Waals surface area contributed by atoms with Gasteiger partial charge in [0.05, 0.1) is 11.4 Å².